The normalized spacial score (nSPS) is 9.53. The van der Waals surface area contributed by atoms with Crippen molar-refractivity contribution in [2.24, 2.45) is 0 Å². The Hall–Kier alpha value is -1.26. The molecule has 0 aliphatic carbocycles. The second kappa shape index (κ2) is 6.27. The summed E-state index contributed by atoms with van der Waals surface area (Å²) in [5.74, 6) is 5.94. The van der Waals surface area contributed by atoms with Crippen molar-refractivity contribution in [3.63, 3.8) is 0 Å². The summed E-state index contributed by atoms with van der Waals surface area (Å²) in [5.41, 5.74) is 4.03. The Balaban J connectivity index is 2.39. The molecule has 1 aromatic carbocycles. The summed E-state index contributed by atoms with van der Waals surface area (Å²) < 4.78 is 0. The second-order valence-corrected chi connectivity index (χ2v) is 3.85. The van der Waals surface area contributed by atoms with Gasteiger partial charge in [-0.3, -0.25) is 0 Å². The van der Waals surface area contributed by atoms with Gasteiger partial charge >= 0.3 is 0 Å². The zero-order valence-corrected chi connectivity index (χ0v) is 9.85. The van der Waals surface area contributed by atoms with Crippen LogP contribution in [0.1, 0.15) is 30.0 Å². The zero-order chi connectivity index (χ0) is 11.1. The third kappa shape index (κ3) is 4.67. The summed E-state index contributed by atoms with van der Waals surface area (Å²) in [5, 5.41) is 3.39. The number of aryl methyl sites for hydroxylation is 2. The fourth-order valence-corrected chi connectivity index (χ4v) is 1.68. The van der Waals surface area contributed by atoms with Gasteiger partial charge in [0, 0.05) is 19.5 Å². The van der Waals surface area contributed by atoms with E-state index in [-0.39, 0.29) is 0 Å². The fourth-order valence-electron chi connectivity index (χ4n) is 1.68. The van der Waals surface area contributed by atoms with Gasteiger partial charge < -0.3 is 5.32 Å². The zero-order valence-electron chi connectivity index (χ0n) is 9.85. The topological polar surface area (TPSA) is 12.0 Å². The van der Waals surface area contributed by atoms with Gasteiger partial charge in [-0.1, -0.05) is 29.3 Å². The van der Waals surface area contributed by atoms with E-state index in [1.807, 2.05) is 6.92 Å². The van der Waals surface area contributed by atoms with Crippen molar-refractivity contribution in [2.75, 3.05) is 6.54 Å². The van der Waals surface area contributed by atoms with Crippen LogP contribution >= 0.6 is 0 Å². The Bertz CT molecular complexity index is 348. The highest BCUT2D eigenvalue weighted by atomic mass is 14.8. The fraction of sp³-hybridized carbons (Fsp3) is 0.429. The van der Waals surface area contributed by atoms with Gasteiger partial charge in [0.15, 0.2) is 0 Å². The lowest BCUT2D eigenvalue weighted by atomic mass is 10.1. The van der Waals surface area contributed by atoms with Crippen molar-refractivity contribution in [3.8, 4) is 11.8 Å². The molecular formula is C14H19N. The third-order valence-electron chi connectivity index (χ3n) is 2.21. The van der Waals surface area contributed by atoms with Gasteiger partial charge in [0.25, 0.3) is 0 Å². The van der Waals surface area contributed by atoms with Gasteiger partial charge in [0.2, 0.25) is 0 Å². The minimum atomic E-state index is 0.932. The van der Waals surface area contributed by atoms with Crippen LogP contribution in [0.4, 0.5) is 0 Å². The average Bonchev–Trinajstić information content (AvgIpc) is 2.16. The summed E-state index contributed by atoms with van der Waals surface area (Å²) in [6, 6.07) is 6.66. The van der Waals surface area contributed by atoms with E-state index in [0.29, 0.717) is 0 Å². The minimum Gasteiger partial charge on any atom is -0.312 e. The monoisotopic (exact) mass is 201 g/mol. The first-order chi connectivity index (χ1) is 7.22. The molecule has 0 unspecified atom stereocenters. The molecule has 0 aliphatic heterocycles. The standard InChI is InChI=1S/C14H19N/c1-4-5-6-7-15-11-14-9-12(2)8-13(3)10-14/h8-10,15H,6-7,11H2,1-3H3. The highest BCUT2D eigenvalue weighted by molar-refractivity contribution is 5.28. The molecule has 1 heteroatoms. The molecule has 0 atom stereocenters. The molecule has 0 spiro atoms. The van der Waals surface area contributed by atoms with Crippen molar-refractivity contribution < 1.29 is 0 Å². The number of rotatable bonds is 4. The quantitative estimate of drug-likeness (QED) is 0.583. The van der Waals surface area contributed by atoms with Crippen molar-refractivity contribution in [1.29, 1.82) is 0 Å². The molecule has 1 N–H and O–H groups in total. The summed E-state index contributed by atoms with van der Waals surface area (Å²) in [4.78, 5) is 0. The van der Waals surface area contributed by atoms with Crippen LogP contribution in [-0.4, -0.2) is 6.54 Å². The van der Waals surface area contributed by atoms with Crippen molar-refractivity contribution in [3.05, 3.63) is 34.9 Å². The van der Waals surface area contributed by atoms with Crippen LogP contribution in [0.2, 0.25) is 0 Å². The molecule has 0 aromatic heterocycles. The Labute approximate surface area is 92.9 Å². The Kier molecular flexibility index (Phi) is 4.93. The van der Waals surface area contributed by atoms with E-state index in [1.54, 1.807) is 0 Å². The maximum atomic E-state index is 3.39. The highest BCUT2D eigenvalue weighted by Gasteiger charge is 1.94. The van der Waals surface area contributed by atoms with Crippen LogP contribution in [0.5, 0.6) is 0 Å². The predicted molar refractivity (Wildman–Crippen MR) is 65.7 cm³/mol. The summed E-state index contributed by atoms with van der Waals surface area (Å²) in [6.07, 6.45) is 0.932. The first kappa shape index (κ1) is 11.8. The van der Waals surface area contributed by atoms with Crippen molar-refractivity contribution in [2.45, 2.75) is 33.7 Å². The number of hydrogen-bond acceptors (Lipinski definition) is 1. The van der Waals surface area contributed by atoms with Gasteiger partial charge in [-0.2, -0.15) is 0 Å². The van der Waals surface area contributed by atoms with Crippen LogP contribution in [0.25, 0.3) is 0 Å². The first-order valence-electron chi connectivity index (χ1n) is 5.40. The Morgan fingerprint density at radius 2 is 1.80 bits per heavy atom. The molecule has 0 amide bonds. The number of nitrogens with one attached hydrogen (secondary N) is 1. The number of benzene rings is 1. The maximum absolute atomic E-state index is 3.39. The largest absolute Gasteiger partial charge is 0.312 e. The smallest absolute Gasteiger partial charge is 0.0214 e. The maximum Gasteiger partial charge on any atom is 0.0214 e. The number of hydrogen-bond donors (Lipinski definition) is 1. The van der Waals surface area contributed by atoms with Gasteiger partial charge in [-0.15, -0.1) is 11.8 Å². The van der Waals surface area contributed by atoms with Crippen LogP contribution in [0.3, 0.4) is 0 Å². The third-order valence-corrected chi connectivity index (χ3v) is 2.21. The average molecular weight is 201 g/mol. The lowest BCUT2D eigenvalue weighted by Crippen LogP contribution is -2.14. The van der Waals surface area contributed by atoms with Gasteiger partial charge in [-0.05, 0) is 26.3 Å². The van der Waals surface area contributed by atoms with E-state index in [0.717, 1.165) is 19.5 Å². The molecule has 80 valence electrons. The van der Waals surface area contributed by atoms with Gasteiger partial charge in [0.05, 0.1) is 0 Å². The molecule has 1 nitrogen and oxygen atoms in total. The van der Waals surface area contributed by atoms with Crippen molar-refractivity contribution in [1.82, 2.24) is 5.32 Å². The van der Waals surface area contributed by atoms with Crippen LogP contribution in [0, 0.1) is 25.7 Å². The van der Waals surface area contributed by atoms with E-state index in [4.69, 9.17) is 0 Å². The van der Waals surface area contributed by atoms with Gasteiger partial charge in [0.1, 0.15) is 0 Å². The van der Waals surface area contributed by atoms with E-state index in [9.17, 15) is 0 Å². The van der Waals surface area contributed by atoms with Crippen LogP contribution in [-0.2, 0) is 6.54 Å². The molecule has 0 saturated heterocycles. The van der Waals surface area contributed by atoms with E-state index in [1.165, 1.54) is 16.7 Å². The SMILES string of the molecule is CC#CCCNCc1cc(C)cc(C)c1. The molecule has 0 fully saturated rings. The van der Waals surface area contributed by atoms with E-state index < -0.39 is 0 Å². The van der Waals surface area contributed by atoms with Crippen LogP contribution in [0.15, 0.2) is 18.2 Å². The summed E-state index contributed by atoms with van der Waals surface area (Å²) in [7, 11) is 0. The highest BCUT2D eigenvalue weighted by Crippen LogP contribution is 2.08. The Morgan fingerprint density at radius 1 is 1.13 bits per heavy atom. The molecule has 0 heterocycles. The molecular weight excluding hydrogens is 182 g/mol. The van der Waals surface area contributed by atoms with E-state index >= 15 is 0 Å². The molecule has 1 aromatic rings. The lowest BCUT2D eigenvalue weighted by molar-refractivity contribution is 0.700. The Morgan fingerprint density at radius 3 is 2.40 bits per heavy atom. The van der Waals surface area contributed by atoms with Crippen LogP contribution < -0.4 is 5.32 Å². The molecule has 15 heavy (non-hydrogen) atoms. The predicted octanol–water partition coefficient (Wildman–Crippen LogP) is 2.81. The summed E-state index contributed by atoms with van der Waals surface area (Å²) >= 11 is 0. The van der Waals surface area contributed by atoms with Crippen molar-refractivity contribution >= 4 is 0 Å². The first-order valence-corrected chi connectivity index (χ1v) is 5.40. The second-order valence-electron chi connectivity index (χ2n) is 3.85. The molecule has 0 saturated carbocycles. The minimum absolute atomic E-state index is 0.932. The molecule has 1 rings (SSSR count). The molecule has 0 bridgehead atoms. The lowest BCUT2D eigenvalue weighted by Gasteiger charge is -2.05. The van der Waals surface area contributed by atoms with Gasteiger partial charge in [-0.25, -0.2) is 0 Å². The molecule has 0 radical (unpaired) electrons. The molecule has 0 aliphatic rings. The van der Waals surface area contributed by atoms with E-state index in [2.05, 4.69) is 49.2 Å². The summed E-state index contributed by atoms with van der Waals surface area (Å²) in [6.45, 7) is 8.06.